The Kier molecular flexibility index (Phi) is 3.87. The number of aryl methyl sites for hydroxylation is 2. The third-order valence-electron chi connectivity index (χ3n) is 4.56. The van der Waals surface area contributed by atoms with Crippen molar-refractivity contribution in [2.24, 2.45) is 7.05 Å². The highest BCUT2D eigenvalue weighted by atomic mass is 79.9. The van der Waals surface area contributed by atoms with Crippen molar-refractivity contribution in [1.29, 1.82) is 0 Å². The lowest BCUT2D eigenvalue weighted by molar-refractivity contribution is 0.592. The molecule has 4 rings (SSSR count). The van der Waals surface area contributed by atoms with E-state index in [1.54, 1.807) is 11.4 Å². The van der Waals surface area contributed by atoms with Crippen LogP contribution in [-0.2, 0) is 13.6 Å². The number of imidazole rings is 2. The second-order valence-corrected chi connectivity index (χ2v) is 7.25. The van der Waals surface area contributed by atoms with E-state index in [9.17, 15) is 9.59 Å². The topological polar surface area (TPSA) is 66.2 Å². The first-order valence-corrected chi connectivity index (χ1v) is 9.19. The Morgan fingerprint density at radius 1 is 1.15 bits per heavy atom. The number of nitrogens with zero attached hydrogens (tertiary/aromatic N) is 5. The lowest BCUT2D eigenvalue weighted by Crippen LogP contribution is -2.39. The lowest BCUT2D eigenvalue weighted by Gasteiger charge is -2.06. The molecule has 0 spiro atoms. The van der Waals surface area contributed by atoms with E-state index in [1.165, 1.54) is 9.13 Å². The van der Waals surface area contributed by atoms with Crippen molar-refractivity contribution in [2.45, 2.75) is 26.8 Å². The van der Waals surface area contributed by atoms with Crippen LogP contribution < -0.4 is 11.2 Å². The molecule has 0 bridgehead atoms. The van der Waals surface area contributed by atoms with Gasteiger partial charge in [0, 0.05) is 35.6 Å². The summed E-state index contributed by atoms with van der Waals surface area (Å²) in [6.07, 6.45) is 2.59. The molecule has 0 N–H and O–H groups in total. The molecule has 7 nitrogen and oxygen atoms in total. The molecular weight excluding hydrogens is 398 g/mol. The van der Waals surface area contributed by atoms with Gasteiger partial charge >= 0.3 is 5.69 Å². The van der Waals surface area contributed by atoms with Gasteiger partial charge in [0.2, 0.25) is 5.78 Å². The molecule has 3 aromatic heterocycles. The molecule has 8 heteroatoms. The van der Waals surface area contributed by atoms with Gasteiger partial charge in [-0.1, -0.05) is 22.9 Å². The SMILES string of the molecule is CCCn1c(=O)c2c(nc3n(-c4ccc(Br)cc4)c(C)cn23)n(C)c1=O. The number of hydrogen-bond acceptors (Lipinski definition) is 3. The Bertz CT molecular complexity index is 1260. The summed E-state index contributed by atoms with van der Waals surface area (Å²) in [5.41, 5.74) is 2.08. The fraction of sp³-hybridized carbons (Fsp3) is 0.278. The molecule has 0 aliphatic rings. The largest absolute Gasteiger partial charge is 0.332 e. The van der Waals surface area contributed by atoms with Crippen LogP contribution in [0.15, 0.2) is 44.5 Å². The lowest BCUT2D eigenvalue weighted by atomic mass is 10.3. The summed E-state index contributed by atoms with van der Waals surface area (Å²) < 4.78 is 7.46. The van der Waals surface area contributed by atoms with Gasteiger partial charge in [0.05, 0.1) is 0 Å². The van der Waals surface area contributed by atoms with Crippen LogP contribution in [0.5, 0.6) is 0 Å². The fourth-order valence-electron chi connectivity index (χ4n) is 3.34. The van der Waals surface area contributed by atoms with Gasteiger partial charge in [-0.25, -0.2) is 4.79 Å². The predicted octanol–water partition coefficient (Wildman–Crippen LogP) is 2.62. The van der Waals surface area contributed by atoms with Gasteiger partial charge in [0.25, 0.3) is 5.56 Å². The normalized spacial score (nSPS) is 11.7. The van der Waals surface area contributed by atoms with Gasteiger partial charge in [0.1, 0.15) is 0 Å². The van der Waals surface area contributed by atoms with E-state index in [4.69, 9.17) is 0 Å². The Hall–Kier alpha value is -2.61. The first-order chi connectivity index (χ1) is 12.4. The van der Waals surface area contributed by atoms with E-state index < -0.39 is 0 Å². The van der Waals surface area contributed by atoms with Crippen LogP contribution in [0.4, 0.5) is 0 Å². The summed E-state index contributed by atoms with van der Waals surface area (Å²) in [6.45, 7) is 4.30. The van der Waals surface area contributed by atoms with Crippen molar-refractivity contribution in [2.75, 3.05) is 0 Å². The second-order valence-electron chi connectivity index (χ2n) is 6.33. The number of halogens is 1. The predicted molar refractivity (Wildman–Crippen MR) is 104 cm³/mol. The average molecular weight is 416 g/mol. The highest BCUT2D eigenvalue weighted by Crippen LogP contribution is 2.22. The summed E-state index contributed by atoms with van der Waals surface area (Å²) in [5, 5.41) is 0. The number of benzene rings is 1. The molecule has 0 aliphatic heterocycles. The molecule has 1 aromatic carbocycles. The Labute approximate surface area is 157 Å². The molecule has 0 amide bonds. The zero-order valence-corrected chi connectivity index (χ0v) is 16.3. The summed E-state index contributed by atoms with van der Waals surface area (Å²) in [5.74, 6) is 0.612. The number of fused-ring (bicyclic) bond motifs is 3. The maximum Gasteiger partial charge on any atom is 0.332 e. The molecule has 134 valence electrons. The first kappa shape index (κ1) is 16.8. The molecule has 4 aromatic rings. The Balaban J connectivity index is 2.13. The van der Waals surface area contributed by atoms with Gasteiger partial charge < -0.3 is 0 Å². The van der Waals surface area contributed by atoms with Gasteiger partial charge in [-0.3, -0.25) is 22.9 Å². The smallest absolute Gasteiger partial charge is 0.283 e. The Morgan fingerprint density at radius 2 is 1.85 bits per heavy atom. The van der Waals surface area contributed by atoms with Crippen LogP contribution in [0, 0.1) is 6.92 Å². The highest BCUT2D eigenvalue weighted by molar-refractivity contribution is 9.10. The summed E-state index contributed by atoms with van der Waals surface area (Å²) in [7, 11) is 1.65. The van der Waals surface area contributed by atoms with Crippen LogP contribution in [0.25, 0.3) is 22.6 Å². The number of aromatic nitrogens is 5. The molecule has 26 heavy (non-hydrogen) atoms. The van der Waals surface area contributed by atoms with Crippen LogP contribution in [0.2, 0.25) is 0 Å². The maximum absolute atomic E-state index is 12.9. The van der Waals surface area contributed by atoms with Crippen molar-refractivity contribution in [1.82, 2.24) is 23.1 Å². The molecule has 0 saturated heterocycles. The number of hydrogen-bond donors (Lipinski definition) is 0. The molecule has 0 fully saturated rings. The van der Waals surface area contributed by atoms with E-state index in [0.29, 0.717) is 29.9 Å². The van der Waals surface area contributed by atoms with E-state index >= 15 is 0 Å². The maximum atomic E-state index is 12.9. The minimum absolute atomic E-state index is 0.301. The van der Waals surface area contributed by atoms with E-state index in [2.05, 4.69) is 20.9 Å². The van der Waals surface area contributed by atoms with Crippen molar-refractivity contribution >= 4 is 32.9 Å². The fourth-order valence-corrected chi connectivity index (χ4v) is 3.60. The zero-order valence-electron chi connectivity index (χ0n) is 14.7. The highest BCUT2D eigenvalue weighted by Gasteiger charge is 2.20. The van der Waals surface area contributed by atoms with Crippen LogP contribution in [-0.4, -0.2) is 23.1 Å². The van der Waals surface area contributed by atoms with Crippen molar-refractivity contribution in [3.05, 3.63) is 61.5 Å². The third kappa shape index (κ3) is 2.28. The van der Waals surface area contributed by atoms with Gasteiger partial charge in [-0.2, -0.15) is 4.98 Å². The molecular formula is C18H18BrN5O2. The minimum atomic E-state index is -0.336. The van der Waals surface area contributed by atoms with Gasteiger partial charge in [-0.05, 0) is 37.6 Å². The summed E-state index contributed by atoms with van der Waals surface area (Å²) in [4.78, 5) is 30.1. The van der Waals surface area contributed by atoms with E-state index in [1.807, 2.05) is 48.9 Å². The van der Waals surface area contributed by atoms with Crippen molar-refractivity contribution < 1.29 is 0 Å². The minimum Gasteiger partial charge on any atom is -0.283 e. The Morgan fingerprint density at radius 3 is 2.50 bits per heavy atom. The van der Waals surface area contributed by atoms with Crippen molar-refractivity contribution in [3.63, 3.8) is 0 Å². The first-order valence-electron chi connectivity index (χ1n) is 8.40. The standard InChI is InChI=1S/C18H18BrN5O2/c1-4-9-22-16(25)14-15(21(3)18(22)26)20-17-23(14)10-11(2)24(17)13-7-5-12(19)6-8-13/h5-8,10H,4,9H2,1-3H3. The number of rotatable bonds is 3. The molecule has 0 radical (unpaired) electrons. The van der Waals surface area contributed by atoms with Gasteiger partial charge in [-0.15, -0.1) is 0 Å². The van der Waals surface area contributed by atoms with Crippen molar-refractivity contribution in [3.8, 4) is 5.69 Å². The average Bonchev–Trinajstić information content (AvgIpc) is 3.12. The second kappa shape index (κ2) is 5.98. The molecule has 0 aliphatic carbocycles. The van der Waals surface area contributed by atoms with Crippen LogP contribution in [0.1, 0.15) is 19.0 Å². The molecule has 0 saturated carbocycles. The molecule has 0 atom stereocenters. The van der Waals surface area contributed by atoms with Gasteiger partial charge in [0.15, 0.2) is 11.2 Å². The summed E-state index contributed by atoms with van der Waals surface area (Å²) in [6, 6.07) is 7.87. The van der Waals surface area contributed by atoms with Crippen LogP contribution >= 0.6 is 15.9 Å². The quantitative estimate of drug-likeness (QED) is 0.516. The monoisotopic (exact) mass is 415 g/mol. The summed E-state index contributed by atoms with van der Waals surface area (Å²) >= 11 is 3.44. The molecule has 0 unspecified atom stereocenters. The molecule has 3 heterocycles. The third-order valence-corrected chi connectivity index (χ3v) is 5.09. The van der Waals surface area contributed by atoms with E-state index in [-0.39, 0.29) is 11.2 Å². The van der Waals surface area contributed by atoms with E-state index in [0.717, 1.165) is 15.9 Å². The zero-order chi connectivity index (χ0) is 18.6. The van der Waals surface area contributed by atoms with Crippen LogP contribution in [0.3, 0.4) is 0 Å².